The second-order valence-corrected chi connectivity index (χ2v) is 13.8. The Bertz CT molecular complexity index is 1400. The largest absolute Gasteiger partial charge is 0.382 e. The highest BCUT2D eigenvalue weighted by Gasteiger charge is 2.39. The maximum Gasteiger partial charge on any atom is 0.253 e. The molecule has 234 valence electrons. The van der Waals surface area contributed by atoms with E-state index in [1.165, 1.54) is 6.07 Å². The zero-order valence-electron chi connectivity index (χ0n) is 25.2. The van der Waals surface area contributed by atoms with Crippen molar-refractivity contribution in [3.05, 3.63) is 46.0 Å². The fourth-order valence-corrected chi connectivity index (χ4v) is 7.67. The van der Waals surface area contributed by atoms with Gasteiger partial charge in [0.15, 0.2) is 5.78 Å². The molecule has 43 heavy (non-hydrogen) atoms. The summed E-state index contributed by atoms with van der Waals surface area (Å²) in [5.74, 6) is -3.88. The number of ketones is 1. The van der Waals surface area contributed by atoms with Gasteiger partial charge in [-0.25, -0.2) is 13.2 Å². The number of piperidine rings is 1. The van der Waals surface area contributed by atoms with E-state index >= 15 is 4.39 Å². The Balaban J connectivity index is 1.16. The molecule has 4 aliphatic rings. The van der Waals surface area contributed by atoms with Gasteiger partial charge in [0.2, 0.25) is 0 Å². The molecule has 6 rings (SSSR count). The number of nitrogens with one attached hydrogen (secondary N) is 1. The lowest BCUT2D eigenvalue weighted by Crippen LogP contribution is -2.41. The summed E-state index contributed by atoms with van der Waals surface area (Å²) in [5.41, 5.74) is 10.2. The van der Waals surface area contributed by atoms with Crippen LogP contribution in [-0.4, -0.2) is 65.5 Å². The number of primary amides is 1. The summed E-state index contributed by atoms with van der Waals surface area (Å²) in [4.78, 5) is 27.7. The monoisotopic (exact) mass is 600 g/mol. The number of ether oxygens (including phenoxy) is 1. The van der Waals surface area contributed by atoms with Gasteiger partial charge >= 0.3 is 0 Å². The zero-order valence-corrected chi connectivity index (χ0v) is 25.2. The molecule has 3 aliphatic carbocycles. The number of nitrogens with zero attached hydrogens (tertiary/aromatic N) is 2. The molecular formula is C33H43F3N4O3. The number of anilines is 1. The number of benzene rings is 1. The molecule has 2 fully saturated rings. The Morgan fingerprint density at radius 1 is 1.07 bits per heavy atom. The van der Waals surface area contributed by atoms with Crippen LogP contribution in [0.2, 0.25) is 0 Å². The van der Waals surface area contributed by atoms with Crippen LogP contribution in [0, 0.1) is 11.2 Å². The van der Waals surface area contributed by atoms with E-state index in [0.29, 0.717) is 44.0 Å². The molecule has 1 saturated carbocycles. The predicted octanol–water partition coefficient (Wildman–Crippen LogP) is 5.83. The fraction of sp³-hybridized carbons (Fsp3) is 0.636. The van der Waals surface area contributed by atoms with Gasteiger partial charge in [0.25, 0.3) is 11.8 Å². The molecule has 3 N–H and O–H groups in total. The Kier molecular flexibility index (Phi) is 8.13. The summed E-state index contributed by atoms with van der Waals surface area (Å²) in [6, 6.07) is 3.21. The number of hydrogen-bond donors (Lipinski definition) is 2. The summed E-state index contributed by atoms with van der Waals surface area (Å²) in [7, 11) is 0. The van der Waals surface area contributed by atoms with Crippen LogP contribution in [0.5, 0.6) is 0 Å². The minimum absolute atomic E-state index is 0.0155. The van der Waals surface area contributed by atoms with Crippen molar-refractivity contribution < 1.29 is 27.5 Å². The average molecular weight is 601 g/mol. The number of aromatic nitrogens is 1. The minimum atomic E-state index is -2.54. The molecule has 2 aromatic rings. The summed E-state index contributed by atoms with van der Waals surface area (Å²) in [6.45, 7) is 6.14. The van der Waals surface area contributed by atoms with Crippen molar-refractivity contribution in [3.8, 4) is 5.69 Å². The molecule has 1 aliphatic heterocycles. The maximum absolute atomic E-state index is 15.6. The number of Topliss-reactive ketones (excluding diaryl/α,β-unsaturated/α-hetero) is 1. The van der Waals surface area contributed by atoms with E-state index in [1.807, 2.05) is 11.0 Å². The number of fused-ring (bicyclic) bond motifs is 3. The number of carbonyl (C=O) groups excluding carboxylic acids is 2. The van der Waals surface area contributed by atoms with Crippen molar-refractivity contribution >= 4 is 17.4 Å². The molecule has 0 unspecified atom stereocenters. The van der Waals surface area contributed by atoms with Crippen LogP contribution in [-0.2, 0) is 24.0 Å². The lowest BCUT2D eigenvalue weighted by molar-refractivity contribution is -0.0625. The molecule has 0 atom stereocenters. The summed E-state index contributed by atoms with van der Waals surface area (Å²) >= 11 is 0. The molecule has 1 aromatic carbocycles. The molecule has 1 aromatic heterocycles. The molecule has 0 spiro atoms. The molecule has 2 heterocycles. The SMILES string of the molecule is CC1(C)CC(=O)c2c3c(n(-c4cc(F)c(C(N)=O)c(N[C@H]5CC[C@H](OCCN6CCC(F)(F)CC6)CC5)c4)c2C1)CCC3. The third-order valence-corrected chi connectivity index (χ3v) is 9.84. The first kappa shape index (κ1) is 30.2. The number of amides is 1. The van der Waals surface area contributed by atoms with Crippen molar-refractivity contribution in [3.63, 3.8) is 0 Å². The molecule has 10 heteroatoms. The van der Waals surface area contributed by atoms with Gasteiger partial charge in [-0.05, 0) is 74.5 Å². The average Bonchev–Trinajstić information content (AvgIpc) is 3.49. The minimum Gasteiger partial charge on any atom is -0.382 e. The van der Waals surface area contributed by atoms with Crippen molar-refractivity contribution in [2.75, 3.05) is 31.6 Å². The van der Waals surface area contributed by atoms with Crippen LogP contribution in [0.1, 0.15) is 103 Å². The van der Waals surface area contributed by atoms with Crippen LogP contribution in [0.3, 0.4) is 0 Å². The first-order chi connectivity index (χ1) is 20.4. The molecule has 0 radical (unpaired) electrons. The Labute approximate surface area is 251 Å². The Morgan fingerprint density at radius 2 is 1.79 bits per heavy atom. The topological polar surface area (TPSA) is 89.6 Å². The van der Waals surface area contributed by atoms with Gasteiger partial charge in [-0.2, -0.15) is 0 Å². The maximum atomic E-state index is 15.6. The van der Waals surface area contributed by atoms with Gasteiger partial charge in [0.1, 0.15) is 5.82 Å². The molecule has 7 nitrogen and oxygen atoms in total. The van der Waals surface area contributed by atoms with E-state index in [0.717, 1.165) is 73.9 Å². The lowest BCUT2D eigenvalue weighted by atomic mass is 9.75. The number of alkyl halides is 2. The number of hydrogen-bond acceptors (Lipinski definition) is 5. The van der Waals surface area contributed by atoms with E-state index < -0.39 is 17.6 Å². The molecular weight excluding hydrogens is 557 g/mol. The number of carbonyl (C=O) groups is 2. The first-order valence-corrected chi connectivity index (χ1v) is 15.8. The van der Waals surface area contributed by atoms with Crippen molar-refractivity contribution in [1.82, 2.24) is 9.47 Å². The summed E-state index contributed by atoms with van der Waals surface area (Å²) < 4.78 is 50.6. The Morgan fingerprint density at radius 3 is 2.49 bits per heavy atom. The van der Waals surface area contributed by atoms with Crippen molar-refractivity contribution in [1.29, 1.82) is 0 Å². The normalized spacial score (nSPS) is 24.9. The van der Waals surface area contributed by atoms with Gasteiger partial charge in [0, 0.05) is 61.9 Å². The van der Waals surface area contributed by atoms with Crippen LogP contribution < -0.4 is 11.1 Å². The van der Waals surface area contributed by atoms with Crippen molar-refractivity contribution in [2.45, 2.75) is 103 Å². The van der Waals surface area contributed by atoms with Crippen LogP contribution >= 0.6 is 0 Å². The second-order valence-electron chi connectivity index (χ2n) is 13.8. The highest BCUT2D eigenvalue weighted by Crippen LogP contribution is 2.43. The zero-order chi connectivity index (χ0) is 30.5. The highest BCUT2D eigenvalue weighted by atomic mass is 19.3. The standard InChI is InChI=1S/C33H43F3N4O3/c1-32(2)18-27-29(28(41)19-32)23-4-3-5-26(23)40(27)21-16-24(34)30(31(37)42)25(17-21)38-20-6-8-22(9-7-20)43-15-14-39-12-10-33(35,36)11-13-39/h16-17,20,22,38H,3-15,18-19H2,1-2H3,(H2,37,42)/t20-,22-. The van der Waals surface area contributed by atoms with E-state index in [2.05, 4.69) is 23.7 Å². The number of halogens is 3. The van der Waals surface area contributed by atoms with Gasteiger partial charge in [-0.1, -0.05) is 13.8 Å². The van der Waals surface area contributed by atoms with E-state index in [9.17, 15) is 18.4 Å². The van der Waals surface area contributed by atoms with Crippen LogP contribution in [0.25, 0.3) is 5.69 Å². The van der Waals surface area contributed by atoms with Gasteiger partial charge < -0.3 is 25.3 Å². The fourth-order valence-electron chi connectivity index (χ4n) is 7.67. The van der Waals surface area contributed by atoms with Crippen LogP contribution in [0.4, 0.5) is 18.9 Å². The van der Waals surface area contributed by atoms with Gasteiger partial charge in [-0.15, -0.1) is 0 Å². The second kappa shape index (κ2) is 11.6. The first-order valence-electron chi connectivity index (χ1n) is 15.8. The third-order valence-electron chi connectivity index (χ3n) is 9.84. The van der Waals surface area contributed by atoms with Gasteiger partial charge in [-0.3, -0.25) is 9.59 Å². The number of nitrogens with two attached hydrogens (primary N) is 1. The quantitative estimate of drug-likeness (QED) is 0.398. The summed E-state index contributed by atoms with van der Waals surface area (Å²) in [5, 5.41) is 3.43. The van der Waals surface area contributed by atoms with Crippen LogP contribution in [0.15, 0.2) is 12.1 Å². The Hall–Kier alpha value is -2.85. The van der Waals surface area contributed by atoms with E-state index in [4.69, 9.17) is 10.5 Å². The highest BCUT2D eigenvalue weighted by molar-refractivity contribution is 6.01. The smallest absolute Gasteiger partial charge is 0.253 e. The molecule has 0 bridgehead atoms. The lowest BCUT2D eigenvalue weighted by Gasteiger charge is -2.33. The third kappa shape index (κ3) is 6.23. The number of rotatable bonds is 8. The van der Waals surface area contributed by atoms with Gasteiger partial charge in [0.05, 0.1) is 29.6 Å². The van der Waals surface area contributed by atoms with E-state index in [-0.39, 0.29) is 41.7 Å². The summed E-state index contributed by atoms with van der Waals surface area (Å²) in [6.07, 6.45) is 6.92. The van der Waals surface area contributed by atoms with E-state index in [1.54, 1.807) is 0 Å². The van der Waals surface area contributed by atoms with Crippen molar-refractivity contribution in [2.24, 2.45) is 11.1 Å². The number of likely N-dealkylation sites (tertiary alicyclic amines) is 1. The predicted molar refractivity (Wildman–Crippen MR) is 159 cm³/mol. The molecule has 1 amide bonds. The molecule has 1 saturated heterocycles.